The number of anilines is 1. The second-order valence-corrected chi connectivity index (χ2v) is 6.02. The molecule has 0 aromatic heterocycles. The molecule has 0 unspecified atom stereocenters. The van der Waals surface area contributed by atoms with E-state index in [2.05, 4.69) is 0 Å². The third-order valence-corrected chi connectivity index (χ3v) is 4.11. The number of nitrogen functional groups attached to an aromatic ring is 1. The molecule has 0 radical (unpaired) electrons. The van der Waals surface area contributed by atoms with Gasteiger partial charge in [0.1, 0.15) is 0 Å². The lowest BCUT2D eigenvalue weighted by molar-refractivity contribution is 0.0982. The molecule has 0 aliphatic heterocycles. The number of amides is 1. The number of aryl methyl sites for hydroxylation is 1. The molecule has 20 heavy (non-hydrogen) atoms. The predicted molar refractivity (Wildman–Crippen MR) is 76.7 cm³/mol. The molecular formula is C14H14N2O3S. The van der Waals surface area contributed by atoms with Gasteiger partial charge in [-0.25, -0.2) is 13.1 Å². The first-order chi connectivity index (χ1) is 9.40. The van der Waals surface area contributed by atoms with Crippen molar-refractivity contribution < 1.29 is 13.2 Å². The van der Waals surface area contributed by atoms with E-state index in [0.29, 0.717) is 0 Å². The lowest BCUT2D eigenvalue weighted by Crippen LogP contribution is -2.31. The summed E-state index contributed by atoms with van der Waals surface area (Å²) in [7, 11) is -3.90. The van der Waals surface area contributed by atoms with E-state index in [1.165, 1.54) is 24.3 Å². The number of nitrogens with two attached hydrogens (primary N) is 1. The van der Waals surface area contributed by atoms with Gasteiger partial charge in [0.2, 0.25) is 0 Å². The van der Waals surface area contributed by atoms with E-state index < -0.39 is 15.9 Å². The van der Waals surface area contributed by atoms with Gasteiger partial charge in [0.05, 0.1) is 10.5 Å². The summed E-state index contributed by atoms with van der Waals surface area (Å²) in [4.78, 5) is 12.0. The van der Waals surface area contributed by atoms with Crippen LogP contribution in [-0.4, -0.2) is 14.3 Å². The Morgan fingerprint density at radius 2 is 1.65 bits per heavy atom. The maximum Gasteiger partial charge on any atom is 0.267 e. The van der Waals surface area contributed by atoms with Crippen LogP contribution in [0.2, 0.25) is 0 Å². The van der Waals surface area contributed by atoms with Crippen molar-refractivity contribution in [3.63, 3.8) is 0 Å². The average molecular weight is 290 g/mol. The normalized spacial score (nSPS) is 11.1. The summed E-state index contributed by atoms with van der Waals surface area (Å²) in [5.74, 6) is -0.747. The molecule has 0 aliphatic carbocycles. The maximum atomic E-state index is 12.1. The second kappa shape index (κ2) is 5.34. The zero-order valence-electron chi connectivity index (χ0n) is 10.8. The van der Waals surface area contributed by atoms with Crippen molar-refractivity contribution in [1.82, 2.24) is 4.72 Å². The van der Waals surface area contributed by atoms with E-state index in [0.717, 1.165) is 5.56 Å². The largest absolute Gasteiger partial charge is 0.398 e. The van der Waals surface area contributed by atoms with Crippen LogP contribution in [0.4, 0.5) is 5.69 Å². The number of sulfonamides is 1. The van der Waals surface area contributed by atoms with Crippen molar-refractivity contribution in [1.29, 1.82) is 0 Å². The molecule has 2 rings (SSSR count). The highest BCUT2D eigenvalue weighted by Crippen LogP contribution is 2.13. The number of hydrogen-bond acceptors (Lipinski definition) is 4. The number of benzene rings is 2. The summed E-state index contributed by atoms with van der Waals surface area (Å²) in [6, 6.07) is 12.5. The number of para-hydroxylation sites is 1. The molecule has 0 heterocycles. The third kappa shape index (κ3) is 2.97. The van der Waals surface area contributed by atoms with Crippen LogP contribution in [0.5, 0.6) is 0 Å². The minimum Gasteiger partial charge on any atom is -0.398 e. The quantitative estimate of drug-likeness (QED) is 0.842. The number of hydrogen-bond donors (Lipinski definition) is 2. The molecule has 0 spiro atoms. The van der Waals surface area contributed by atoms with Crippen LogP contribution in [0.1, 0.15) is 15.9 Å². The van der Waals surface area contributed by atoms with E-state index in [9.17, 15) is 13.2 Å². The molecule has 6 heteroatoms. The summed E-state index contributed by atoms with van der Waals surface area (Å²) in [6.45, 7) is 1.85. The van der Waals surface area contributed by atoms with Gasteiger partial charge in [0, 0.05) is 5.69 Å². The van der Waals surface area contributed by atoms with Gasteiger partial charge in [-0.2, -0.15) is 0 Å². The van der Waals surface area contributed by atoms with E-state index in [1.54, 1.807) is 24.3 Å². The van der Waals surface area contributed by atoms with Crippen molar-refractivity contribution in [2.45, 2.75) is 11.8 Å². The van der Waals surface area contributed by atoms with Crippen LogP contribution >= 0.6 is 0 Å². The Morgan fingerprint density at radius 1 is 1.05 bits per heavy atom. The molecule has 104 valence electrons. The number of nitrogens with one attached hydrogen (secondary N) is 1. The van der Waals surface area contributed by atoms with Crippen LogP contribution < -0.4 is 10.5 Å². The molecule has 2 aromatic rings. The Hall–Kier alpha value is -2.34. The van der Waals surface area contributed by atoms with Crippen LogP contribution in [0.3, 0.4) is 0 Å². The van der Waals surface area contributed by atoms with Crippen molar-refractivity contribution in [3.05, 3.63) is 59.7 Å². The Balaban J connectivity index is 2.27. The molecule has 5 nitrogen and oxygen atoms in total. The standard InChI is InChI=1S/C14H14N2O3S/c1-10-6-8-11(9-7-10)20(18,19)16-14(17)12-4-2-3-5-13(12)15/h2-9H,15H2,1H3,(H,16,17). The number of rotatable bonds is 3. The van der Waals surface area contributed by atoms with Crippen LogP contribution in [0.25, 0.3) is 0 Å². The smallest absolute Gasteiger partial charge is 0.267 e. The van der Waals surface area contributed by atoms with Gasteiger partial charge >= 0.3 is 0 Å². The summed E-state index contributed by atoms with van der Waals surface area (Å²) >= 11 is 0. The lowest BCUT2D eigenvalue weighted by atomic mass is 10.2. The summed E-state index contributed by atoms with van der Waals surface area (Å²) in [5.41, 5.74) is 6.93. The Morgan fingerprint density at radius 3 is 2.25 bits per heavy atom. The predicted octanol–water partition coefficient (Wildman–Crippen LogP) is 1.70. The highest BCUT2D eigenvalue weighted by molar-refractivity contribution is 7.90. The SMILES string of the molecule is Cc1ccc(S(=O)(=O)NC(=O)c2ccccc2N)cc1. The van der Waals surface area contributed by atoms with Gasteiger partial charge < -0.3 is 5.73 Å². The van der Waals surface area contributed by atoms with Crippen LogP contribution in [-0.2, 0) is 10.0 Å². The van der Waals surface area contributed by atoms with Crippen molar-refractivity contribution in [2.75, 3.05) is 5.73 Å². The van der Waals surface area contributed by atoms with Crippen molar-refractivity contribution in [3.8, 4) is 0 Å². The van der Waals surface area contributed by atoms with Gasteiger partial charge in [-0.1, -0.05) is 29.8 Å². The molecule has 0 atom stereocenters. The zero-order chi connectivity index (χ0) is 14.8. The highest BCUT2D eigenvalue weighted by Gasteiger charge is 2.19. The summed E-state index contributed by atoms with van der Waals surface area (Å²) in [6.07, 6.45) is 0. The molecule has 0 saturated carbocycles. The summed E-state index contributed by atoms with van der Waals surface area (Å²) in [5, 5.41) is 0. The summed E-state index contributed by atoms with van der Waals surface area (Å²) < 4.78 is 26.1. The molecule has 0 fully saturated rings. The third-order valence-electron chi connectivity index (χ3n) is 2.76. The zero-order valence-corrected chi connectivity index (χ0v) is 11.6. The van der Waals surface area contributed by atoms with Crippen LogP contribution in [0.15, 0.2) is 53.4 Å². The fourth-order valence-electron chi connectivity index (χ4n) is 1.66. The monoisotopic (exact) mass is 290 g/mol. The molecule has 0 aliphatic rings. The molecule has 3 N–H and O–H groups in total. The van der Waals surface area contributed by atoms with Crippen molar-refractivity contribution in [2.24, 2.45) is 0 Å². The number of carbonyl (C=O) groups is 1. The lowest BCUT2D eigenvalue weighted by Gasteiger charge is -2.08. The molecule has 1 amide bonds. The van der Waals surface area contributed by atoms with Crippen LogP contribution in [0, 0.1) is 6.92 Å². The van der Waals surface area contributed by atoms with Gasteiger partial charge in [-0.05, 0) is 31.2 Å². The Bertz CT molecular complexity index is 737. The molecule has 0 bridgehead atoms. The second-order valence-electron chi connectivity index (χ2n) is 4.33. The first-order valence-corrected chi connectivity index (χ1v) is 7.37. The topological polar surface area (TPSA) is 89.3 Å². The molecule has 2 aromatic carbocycles. The van der Waals surface area contributed by atoms with E-state index >= 15 is 0 Å². The Labute approximate surface area is 117 Å². The first kappa shape index (κ1) is 14.1. The van der Waals surface area contributed by atoms with Crippen molar-refractivity contribution >= 4 is 21.6 Å². The van der Waals surface area contributed by atoms with E-state index in [4.69, 9.17) is 5.73 Å². The average Bonchev–Trinajstić information content (AvgIpc) is 2.39. The minimum absolute atomic E-state index is 0.0333. The highest BCUT2D eigenvalue weighted by atomic mass is 32.2. The maximum absolute atomic E-state index is 12.1. The first-order valence-electron chi connectivity index (χ1n) is 5.88. The van der Waals surface area contributed by atoms with Gasteiger partial charge in [-0.15, -0.1) is 0 Å². The fourth-order valence-corrected chi connectivity index (χ4v) is 2.62. The molecular weight excluding hydrogens is 276 g/mol. The molecule has 0 saturated heterocycles. The fraction of sp³-hybridized carbons (Fsp3) is 0.0714. The van der Waals surface area contributed by atoms with E-state index in [-0.39, 0.29) is 16.1 Å². The van der Waals surface area contributed by atoms with Gasteiger partial charge in [0.25, 0.3) is 15.9 Å². The minimum atomic E-state index is -3.90. The van der Waals surface area contributed by atoms with Gasteiger partial charge in [0.15, 0.2) is 0 Å². The van der Waals surface area contributed by atoms with E-state index in [1.807, 2.05) is 11.6 Å². The Kier molecular flexibility index (Phi) is 3.76. The van der Waals surface area contributed by atoms with Gasteiger partial charge in [-0.3, -0.25) is 4.79 Å². The number of carbonyl (C=O) groups excluding carboxylic acids is 1.